The van der Waals surface area contributed by atoms with Crippen molar-refractivity contribution in [2.75, 3.05) is 18.9 Å². The fourth-order valence-corrected chi connectivity index (χ4v) is 2.06. The van der Waals surface area contributed by atoms with Gasteiger partial charge in [-0.15, -0.1) is 12.4 Å². The molecular formula is C17H28ClN3O2. The lowest BCUT2D eigenvalue weighted by Gasteiger charge is -2.10. The SMILES string of the molecule is CNCCCC(=O)NCc1cccc(NC(=O)CC(C)C)c1.Cl. The molecule has 0 bridgehead atoms. The van der Waals surface area contributed by atoms with Gasteiger partial charge in [0, 0.05) is 25.1 Å². The maximum atomic E-state index is 11.8. The molecule has 0 heterocycles. The van der Waals surface area contributed by atoms with Crippen molar-refractivity contribution >= 4 is 29.9 Å². The molecule has 0 aromatic heterocycles. The molecule has 2 amide bonds. The monoisotopic (exact) mass is 341 g/mol. The molecule has 0 aliphatic rings. The van der Waals surface area contributed by atoms with E-state index in [4.69, 9.17) is 0 Å². The number of hydrogen-bond donors (Lipinski definition) is 3. The molecule has 0 saturated carbocycles. The van der Waals surface area contributed by atoms with Gasteiger partial charge >= 0.3 is 0 Å². The minimum absolute atomic E-state index is 0. The van der Waals surface area contributed by atoms with Crippen LogP contribution >= 0.6 is 12.4 Å². The van der Waals surface area contributed by atoms with Crippen molar-refractivity contribution in [1.82, 2.24) is 10.6 Å². The molecule has 23 heavy (non-hydrogen) atoms. The van der Waals surface area contributed by atoms with Gasteiger partial charge in [0.15, 0.2) is 0 Å². The predicted molar refractivity (Wildman–Crippen MR) is 96.8 cm³/mol. The molecule has 3 N–H and O–H groups in total. The van der Waals surface area contributed by atoms with E-state index < -0.39 is 0 Å². The number of carbonyl (C=O) groups is 2. The zero-order valence-corrected chi connectivity index (χ0v) is 15.0. The van der Waals surface area contributed by atoms with Gasteiger partial charge in [0.1, 0.15) is 0 Å². The summed E-state index contributed by atoms with van der Waals surface area (Å²) >= 11 is 0. The lowest BCUT2D eigenvalue weighted by Crippen LogP contribution is -2.23. The van der Waals surface area contributed by atoms with Crippen molar-refractivity contribution in [3.05, 3.63) is 29.8 Å². The molecule has 0 fully saturated rings. The van der Waals surface area contributed by atoms with Crippen molar-refractivity contribution in [2.24, 2.45) is 5.92 Å². The molecule has 0 unspecified atom stereocenters. The average molecular weight is 342 g/mol. The highest BCUT2D eigenvalue weighted by atomic mass is 35.5. The topological polar surface area (TPSA) is 70.2 Å². The molecule has 0 saturated heterocycles. The molecule has 6 heteroatoms. The molecule has 0 spiro atoms. The van der Waals surface area contributed by atoms with Crippen molar-refractivity contribution < 1.29 is 9.59 Å². The third-order valence-corrected chi connectivity index (χ3v) is 3.12. The van der Waals surface area contributed by atoms with Crippen LogP contribution in [0.1, 0.15) is 38.7 Å². The zero-order valence-electron chi connectivity index (χ0n) is 14.1. The summed E-state index contributed by atoms with van der Waals surface area (Å²) in [6, 6.07) is 7.57. The predicted octanol–water partition coefficient (Wildman–Crippen LogP) is 2.71. The Bertz CT molecular complexity index is 492. The number of benzene rings is 1. The van der Waals surface area contributed by atoms with Crippen LogP contribution in [0.25, 0.3) is 0 Å². The van der Waals surface area contributed by atoms with Gasteiger partial charge in [-0.25, -0.2) is 0 Å². The Hall–Kier alpha value is -1.59. The van der Waals surface area contributed by atoms with Crippen LogP contribution in [0.4, 0.5) is 5.69 Å². The van der Waals surface area contributed by atoms with Crippen molar-refractivity contribution in [3.63, 3.8) is 0 Å². The summed E-state index contributed by atoms with van der Waals surface area (Å²) in [5, 5.41) is 8.79. The highest BCUT2D eigenvalue weighted by molar-refractivity contribution is 5.90. The second-order valence-electron chi connectivity index (χ2n) is 5.83. The van der Waals surface area contributed by atoms with E-state index in [1.165, 1.54) is 0 Å². The summed E-state index contributed by atoms with van der Waals surface area (Å²) in [7, 11) is 1.87. The molecule has 1 rings (SSSR count). The Balaban J connectivity index is 0.00000484. The smallest absolute Gasteiger partial charge is 0.224 e. The van der Waals surface area contributed by atoms with Crippen LogP contribution in [0.5, 0.6) is 0 Å². The molecule has 130 valence electrons. The fraction of sp³-hybridized carbons (Fsp3) is 0.529. The van der Waals surface area contributed by atoms with Crippen LogP contribution in [0, 0.1) is 5.92 Å². The summed E-state index contributed by atoms with van der Waals surface area (Å²) in [4.78, 5) is 23.4. The van der Waals surface area contributed by atoms with Crippen molar-refractivity contribution in [2.45, 2.75) is 39.7 Å². The van der Waals surface area contributed by atoms with Crippen LogP contribution in [-0.4, -0.2) is 25.4 Å². The van der Waals surface area contributed by atoms with Gasteiger partial charge in [-0.05, 0) is 43.6 Å². The standard InChI is InChI=1S/C17H27N3O2.ClH/c1-13(2)10-17(22)20-15-7-4-6-14(11-15)12-19-16(21)8-5-9-18-3;/h4,6-7,11,13,18H,5,8-10,12H2,1-3H3,(H,19,21)(H,20,22);1H. The second kappa shape index (κ2) is 11.9. The molecule has 0 atom stereocenters. The normalized spacial score (nSPS) is 10.1. The van der Waals surface area contributed by atoms with Gasteiger partial charge in [0.25, 0.3) is 0 Å². The maximum Gasteiger partial charge on any atom is 0.224 e. The Morgan fingerprint density at radius 1 is 1.17 bits per heavy atom. The Morgan fingerprint density at radius 2 is 1.91 bits per heavy atom. The van der Waals surface area contributed by atoms with Crippen LogP contribution in [0.3, 0.4) is 0 Å². The van der Waals surface area contributed by atoms with E-state index in [2.05, 4.69) is 16.0 Å². The van der Waals surface area contributed by atoms with Crippen LogP contribution < -0.4 is 16.0 Å². The van der Waals surface area contributed by atoms with E-state index >= 15 is 0 Å². The third-order valence-electron chi connectivity index (χ3n) is 3.12. The Morgan fingerprint density at radius 3 is 2.57 bits per heavy atom. The molecule has 1 aromatic rings. The van der Waals surface area contributed by atoms with E-state index in [9.17, 15) is 9.59 Å². The number of amides is 2. The summed E-state index contributed by atoms with van der Waals surface area (Å²) in [6.45, 7) is 5.34. The van der Waals surface area contributed by atoms with Gasteiger partial charge in [-0.3, -0.25) is 9.59 Å². The van der Waals surface area contributed by atoms with Crippen LogP contribution in [0.15, 0.2) is 24.3 Å². The number of rotatable bonds is 9. The third kappa shape index (κ3) is 9.92. The van der Waals surface area contributed by atoms with E-state index in [1.54, 1.807) is 0 Å². The van der Waals surface area contributed by atoms with Crippen LogP contribution in [-0.2, 0) is 16.1 Å². The van der Waals surface area contributed by atoms with Crippen LogP contribution in [0.2, 0.25) is 0 Å². The van der Waals surface area contributed by atoms with E-state index in [-0.39, 0.29) is 24.2 Å². The Labute approximate surface area is 145 Å². The molecule has 1 aromatic carbocycles. The second-order valence-corrected chi connectivity index (χ2v) is 5.83. The first-order valence-corrected chi connectivity index (χ1v) is 7.81. The van der Waals surface area contributed by atoms with E-state index in [1.807, 2.05) is 45.2 Å². The average Bonchev–Trinajstić information content (AvgIpc) is 2.45. The van der Waals surface area contributed by atoms with Gasteiger partial charge in [-0.2, -0.15) is 0 Å². The highest BCUT2D eigenvalue weighted by Crippen LogP contribution is 2.12. The summed E-state index contributed by atoms with van der Waals surface area (Å²) in [6.07, 6.45) is 1.85. The largest absolute Gasteiger partial charge is 0.352 e. The maximum absolute atomic E-state index is 11.8. The first-order chi connectivity index (χ1) is 10.5. The Kier molecular flexibility index (Phi) is 11.1. The van der Waals surface area contributed by atoms with E-state index in [0.29, 0.717) is 25.3 Å². The number of nitrogens with one attached hydrogen (secondary N) is 3. The summed E-state index contributed by atoms with van der Waals surface area (Å²) in [5.41, 5.74) is 1.75. The molecule has 5 nitrogen and oxygen atoms in total. The van der Waals surface area contributed by atoms with Gasteiger partial charge in [0.2, 0.25) is 11.8 Å². The number of carbonyl (C=O) groups excluding carboxylic acids is 2. The van der Waals surface area contributed by atoms with Gasteiger partial charge in [-0.1, -0.05) is 26.0 Å². The lowest BCUT2D eigenvalue weighted by molar-refractivity contribution is -0.121. The minimum Gasteiger partial charge on any atom is -0.352 e. The first kappa shape index (κ1) is 21.4. The zero-order chi connectivity index (χ0) is 16.4. The minimum atomic E-state index is 0. The number of hydrogen-bond acceptors (Lipinski definition) is 3. The molecule has 0 aliphatic carbocycles. The van der Waals surface area contributed by atoms with Gasteiger partial charge in [0.05, 0.1) is 0 Å². The van der Waals surface area contributed by atoms with Crippen molar-refractivity contribution in [1.29, 1.82) is 0 Å². The summed E-state index contributed by atoms with van der Waals surface area (Å²) < 4.78 is 0. The molecule has 0 radical (unpaired) electrons. The number of anilines is 1. The molecular weight excluding hydrogens is 314 g/mol. The van der Waals surface area contributed by atoms with E-state index in [0.717, 1.165) is 24.2 Å². The lowest BCUT2D eigenvalue weighted by atomic mass is 10.1. The molecule has 0 aliphatic heterocycles. The van der Waals surface area contributed by atoms with Crippen molar-refractivity contribution in [3.8, 4) is 0 Å². The summed E-state index contributed by atoms with van der Waals surface area (Å²) in [5.74, 6) is 0.396. The first-order valence-electron chi connectivity index (χ1n) is 7.81. The quantitative estimate of drug-likeness (QED) is 0.605. The highest BCUT2D eigenvalue weighted by Gasteiger charge is 2.06. The number of halogens is 1. The van der Waals surface area contributed by atoms with Gasteiger partial charge < -0.3 is 16.0 Å². The fourth-order valence-electron chi connectivity index (χ4n) is 2.06.